The molecule has 0 aliphatic heterocycles. The van der Waals surface area contributed by atoms with E-state index >= 15 is 0 Å². The van der Waals surface area contributed by atoms with E-state index in [0.29, 0.717) is 23.7 Å². The van der Waals surface area contributed by atoms with Crippen molar-refractivity contribution < 1.29 is 4.79 Å². The van der Waals surface area contributed by atoms with E-state index in [1.54, 1.807) is 41.3 Å². The first-order chi connectivity index (χ1) is 8.63. The molecule has 0 spiro atoms. The Balaban J connectivity index is 1.83. The Kier molecular flexibility index (Phi) is 3.84. The lowest BCUT2D eigenvalue weighted by atomic mass is 10.3. The van der Waals surface area contributed by atoms with Crippen molar-refractivity contribution in [3.63, 3.8) is 0 Å². The second-order valence-corrected chi connectivity index (χ2v) is 4.28. The smallest absolute Gasteiger partial charge is 0.226 e. The third-order valence-electron chi connectivity index (χ3n) is 2.36. The van der Waals surface area contributed by atoms with Crippen molar-refractivity contribution in [1.29, 1.82) is 0 Å². The average Bonchev–Trinajstić information content (AvgIpc) is 2.76. The van der Waals surface area contributed by atoms with Crippen molar-refractivity contribution in [1.82, 2.24) is 9.78 Å². The molecule has 0 fully saturated rings. The minimum Gasteiger partial charge on any atom is -0.399 e. The molecule has 1 amide bonds. The zero-order valence-electron chi connectivity index (χ0n) is 9.64. The van der Waals surface area contributed by atoms with Gasteiger partial charge in [0.2, 0.25) is 5.91 Å². The van der Waals surface area contributed by atoms with E-state index < -0.39 is 0 Å². The van der Waals surface area contributed by atoms with Crippen molar-refractivity contribution in [2.24, 2.45) is 0 Å². The third kappa shape index (κ3) is 3.49. The quantitative estimate of drug-likeness (QED) is 0.831. The number of rotatable bonds is 4. The summed E-state index contributed by atoms with van der Waals surface area (Å²) in [7, 11) is 0. The zero-order chi connectivity index (χ0) is 13.0. The van der Waals surface area contributed by atoms with E-state index in [4.69, 9.17) is 17.3 Å². The van der Waals surface area contributed by atoms with Gasteiger partial charge in [-0.2, -0.15) is 5.10 Å². The summed E-state index contributed by atoms with van der Waals surface area (Å²) in [6.45, 7) is 0.494. The molecule has 6 heteroatoms. The van der Waals surface area contributed by atoms with Crippen LogP contribution >= 0.6 is 11.6 Å². The predicted octanol–water partition coefficient (Wildman–Crippen LogP) is 2.15. The Hall–Kier alpha value is -2.01. The highest BCUT2D eigenvalue weighted by atomic mass is 35.5. The normalized spacial score (nSPS) is 10.3. The molecule has 94 valence electrons. The number of anilines is 2. The van der Waals surface area contributed by atoms with Crippen LogP contribution in [0.3, 0.4) is 0 Å². The summed E-state index contributed by atoms with van der Waals surface area (Å²) in [5, 5.41) is 7.34. The number of benzene rings is 1. The number of amides is 1. The van der Waals surface area contributed by atoms with Crippen molar-refractivity contribution >= 4 is 28.9 Å². The number of nitrogens with zero attached hydrogens (tertiary/aromatic N) is 2. The van der Waals surface area contributed by atoms with E-state index in [1.165, 1.54) is 0 Å². The number of carbonyl (C=O) groups excluding carboxylic acids is 1. The molecule has 2 rings (SSSR count). The van der Waals surface area contributed by atoms with Crippen LogP contribution in [-0.4, -0.2) is 15.7 Å². The van der Waals surface area contributed by atoms with Crippen molar-refractivity contribution in [3.8, 4) is 0 Å². The lowest BCUT2D eigenvalue weighted by Crippen LogP contribution is -2.14. The summed E-state index contributed by atoms with van der Waals surface area (Å²) in [6.07, 6.45) is 3.56. The van der Waals surface area contributed by atoms with Crippen molar-refractivity contribution in [2.45, 2.75) is 13.0 Å². The highest BCUT2D eigenvalue weighted by molar-refractivity contribution is 6.30. The van der Waals surface area contributed by atoms with Gasteiger partial charge < -0.3 is 11.1 Å². The van der Waals surface area contributed by atoms with Gasteiger partial charge in [0.25, 0.3) is 0 Å². The van der Waals surface area contributed by atoms with Crippen LogP contribution in [0.1, 0.15) is 6.42 Å². The summed E-state index contributed by atoms with van der Waals surface area (Å²) in [4.78, 5) is 11.7. The van der Waals surface area contributed by atoms with Crippen LogP contribution in [0.5, 0.6) is 0 Å². The lowest BCUT2D eigenvalue weighted by Gasteiger charge is -2.05. The molecule has 5 nitrogen and oxygen atoms in total. The zero-order valence-corrected chi connectivity index (χ0v) is 10.4. The number of halogens is 1. The summed E-state index contributed by atoms with van der Waals surface area (Å²) >= 11 is 5.72. The number of hydrogen-bond acceptors (Lipinski definition) is 3. The second kappa shape index (κ2) is 5.55. The van der Waals surface area contributed by atoms with Gasteiger partial charge in [-0.25, -0.2) is 0 Å². The number of aromatic nitrogens is 2. The molecular formula is C12H13ClN4O. The van der Waals surface area contributed by atoms with Gasteiger partial charge in [-0.3, -0.25) is 9.48 Å². The summed E-state index contributed by atoms with van der Waals surface area (Å²) in [5.74, 6) is -0.0774. The van der Waals surface area contributed by atoms with E-state index in [1.807, 2.05) is 0 Å². The average molecular weight is 265 g/mol. The molecule has 1 aromatic heterocycles. The molecule has 0 saturated heterocycles. The fraction of sp³-hybridized carbons (Fsp3) is 0.167. The van der Waals surface area contributed by atoms with E-state index in [0.717, 1.165) is 5.69 Å². The largest absolute Gasteiger partial charge is 0.399 e. The number of carbonyl (C=O) groups is 1. The van der Waals surface area contributed by atoms with Crippen LogP contribution in [0.2, 0.25) is 5.02 Å². The minimum absolute atomic E-state index is 0.0774. The maximum atomic E-state index is 11.7. The van der Waals surface area contributed by atoms with Gasteiger partial charge in [-0.05, 0) is 24.3 Å². The molecule has 2 aromatic rings. The first-order valence-corrected chi connectivity index (χ1v) is 5.84. The molecule has 18 heavy (non-hydrogen) atoms. The number of aryl methyl sites for hydroxylation is 1. The molecule has 0 radical (unpaired) electrons. The molecular weight excluding hydrogens is 252 g/mol. The molecule has 3 N–H and O–H groups in total. The molecule has 0 saturated carbocycles. The van der Waals surface area contributed by atoms with E-state index in [2.05, 4.69) is 10.4 Å². The standard InChI is InChI=1S/C12H13ClN4O/c13-9-7-15-17(8-9)6-5-12(18)16-11-3-1-10(14)2-4-11/h1-4,7-8H,5-6,14H2,(H,16,18). The summed E-state index contributed by atoms with van der Waals surface area (Å²) in [6, 6.07) is 7.00. The Morgan fingerprint density at radius 3 is 2.72 bits per heavy atom. The number of nitrogens with one attached hydrogen (secondary N) is 1. The summed E-state index contributed by atoms with van der Waals surface area (Å²) in [5.41, 5.74) is 6.95. The van der Waals surface area contributed by atoms with Crippen LogP contribution in [0, 0.1) is 0 Å². The minimum atomic E-state index is -0.0774. The van der Waals surface area contributed by atoms with Gasteiger partial charge in [0.15, 0.2) is 0 Å². The molecule has 0 aliphatic carbocycles. The molecule has 0 aliphatic rings. The van der Waals surface area contributed by atoms with Crippen LogP contribution in [0.4, 0.5) is 11.4 Å². The van der Waals surface area contributed by atoms with Gasteiger partial charge in [-0.15, -0.1) is 0 Å². The lowest BCUT2D eigenvalue weighted by molar-refractivity contribution is -0.116. The van der Waals surface area contributed by atoms with Crippen LogP contribution in [0.25, 0.3) is 0 Å². The highest BCUT2D eigenvalue weighted by Crippen LogP contribution is 2.11. The Morgan fingerprint density at radius 2 is 2.11 bits per heavy atom. The van der Waals surface area contributed by atoms with Gasteiger partial charge >= 0.3 is 0 Å². The van der Waals surface area contributed by atoms with Gasteiger partial charge in [-0.1, -0.05) is 11.6 Å². The molecule has 0 bridgehead atoms. The van der Waals surface area contributed by atoms with Crippen LogP contribution < -0.4 is 11.1 Å². The first kappa shape index (κ1) is 12.4. The van der Waals surface area contributed by atoms with Gasteiger partial charge in [0.1, 0.15) is 0 Å². The van der Waals surface area contributed by atoms with Gasteiger partial charge in [0, 0.05) is 30.5 Å². The predicted molar refractivity (Wildman–Crippen MR) is 71.3 cm³/mol. The number of nitrogen functional groups attached to an aromatic ring is 1. The van der Waals surface area contributed by atoms with Crippen LogP contribution in [0.15, 0.2) is 36.7 Å². The Morgan fingerprint density at radius 1 is 1.39 bits per heavy atom. The second-order valence-electron chi connectivity index (χ2n) is 3.84. The van der Waals surface area contributed by atoms with Crippen molar-refractivity contribution in [2.75, 3.05) is 11.1 Å². The molecule has 1 aromatic carbocycles. The molecule has 0 atom stereocenters. The summed E-state index contributed by atoms with van der Waals surface area (Å²) < 4.78 is 1.63. The van der Waals surface area contributed by atoms with Gasteiger partial charge in [0.05, 0.1) is 11.2 Å². The third-order valence-corrected chi connectivity index (χ3v) is 2.56. The maximum Gasteiger partial charge on any atom is 0.226 e. The molecule has 0 unspecified atom stereocenters. The maximum absolute atomic E-state index is 11.7. The number of hydrogen-bond donors (Lipinski definition) is 2. The van der Waals surface area contributed by atoms with Crippen LogP contribution in [-0.2, 0) is 11.3 Å². The number of nitrogens with two attached hydrogens (primary N) is 1. The highest BCUT2D eigenvalue weighted by Gasteiger charge is 2.03. The fourth-order valence-electron chi connectivity index (χ4n) is 1.47. The van der Waals surface area contributed by atoms with E-state index in [-0.39, 0.29) is 5.91 Å². The molecule has 1 heterocycles. The monoisotopic (exact) mass is 264 g/mol. The first-order valence-electron chi connectivity index (χ1n) is 5.47. The Labute approximate surface area is 110 Å². The fourth-order valence-corrected chi connectivity index (χ4v) is 1.62. The topological polar surface area (TPSA) is 72.9 Å². The SMILES string of the molecule is Nc1ccc(NC(=O)CCn2cc(Cl)cn2)cc1. The van der Waals surface area contributed by atoms with Crippen molar-refractivity contribution in [3.05, 3.63) is 41.7 Å². The Bertz CT molecular complexity index is 535. The van der Waals surface area contributed by atoms with E-state index in [9.17, 15) is 4.79 Å².